The first-order valence-corrected chi connectivity index (χ1v) is 15.5. The number of nitrogens with one attached hydrogen (secondary N) is 2. The Labute approximate surface area is 245 Å². The summed E-state index contributed by atoms with van der Waals surface area (Å²) in [6.45, 7) is 8.78. The zero-order valence-electron chi connectivity index (χ0n) is 24.2. The minimum Gasteiger partial charge on any atom is -0.462 e. The van der Waals surface area contributed by atoms with E-state index in [0.717, 1.165) is 30.6 Å². The molecule has 11 heteroatoms. The molecular formula is C30H41N3O7S. The molecule has 0 bridgehead atoms. The fourth-order valence-electron chi connectivity index (χ4n) is 5.56. The Kier molecular flexibility index (Phi) is 10.5. The third-order valence-corrected chi connectivity index (χ3v) is 9.34. The van der Waals surface area contributed by atoms with Crippen LogP contribution in [0.25, 0.3) is 0 Å². The zero-order valence-corrected chi connectivity index (χ0v) is 25.0. The number of unbranched alkanes of at least 4 members (excludes halogenated alkanes) is 2. The quantitative estimate of drug-likeness (QED) is 0.180. The fraction of sp³-hybridized carbons (Fsp3) is 0.600. The molecular weight excluding hydrogens is 546 g/mol. The van der Waals surface area contributed by atoms with Crippen LogP contribution in [0.15, 0.2) is 34.9 Å². The van der Waals surface area contributed by atoms with E-state index < -0.39 is 30.0 Å². The Morgan fingerprint density at radius 2 is 1.83 bits per heavy atom. The van der Waals surface area contributed by atoms with Gasteiger partial charge in [0.05, 0.1) is 42.9 Å². The predicted octanol–water partition coefficient (Wildman–Crippen LogP) is 3.46. The van der Waals surface area contributed by atoms with Crippen LogP contribution in [0.4, 0.5) is 5.69 Å². The molecule has 41 heavy (non-hydrogen) atoms. The highest BCUT2D eigenvalue weighted by Gasteiger charge is 2.60. The molecule has 2 saturated heterocycles. The van der Waals surface area contributed by atoms with Crippen LogP contribution in [0.5, 0.6) is 0 Å². The number of hydrogen-bond acceptors (Lipinski definition) is 9. The molecule has 0 spiro atoms. The molecule has 1 aromatic rings. The lowest BCUT2D eigenvalue weighted by molar-refractivity contribution is -0.164. The maximum atomic E-state index is 13.1. The molecule has 1 aromatic carbocycles. The molecule has 0 aromatic heterocycles. The molecule has 10 nitrogen and oxygen atoms in total. The number of carbonyl (C=O) groups is 4. The minimum absolute atomic E-state index is 0.0136. The average Bonchev–Trinajstić information content (AvgIpc) is 3.50. The lowest BCUT2D eigenvalue weighted by Gasteiger charge is -2.46. The molecule has 0 radical (unpaired) electrons. The third-order valence-electron chi connectivity index (χ3n) is 7.83. The van der Waals surface area contributed by atoms with Gasteiger partial charge in [-0.05, 0) is 44.4 Å². The summed E-state index contributed by atoms with van der Waals surface area (Å²) in [6, 6.07) is 5.94. The largest absolute Gasteiger partial charge is 0.462 e. The molecule has 3 N–H and O–H groups in total. The first-order valence-electron chi connectivity index (χ1n) is 14.6. The van der Waals surface area contributed by atoms with Crippen LogP contribution in [0.3, 0.4) is 0 Å². The van der Waals surface area contributed by atoms with Crippen LogP contribution >= 0.6 is 11.8 Å². The summed E-state index contributed by atoms with van der Waals surface area (Å²) in [7, 11) is 0. The van der Waals surface area contributed by atoms with Crippen LogP contribution in [-0.4, -0.2) is 77.0 Å². The summed E-state index contributed by atoms with van der Waals surface area (Å²) in [5, 5.41) is 16.4. The van der Waals surface area contributed by atoms with Crippen molar-refractivity contribution < 1.29 is 33.8 Å². The number of esters is 2. The second-order valence-electron chi connectivity index (χ2n) is 11.0. The van der Waals surface area contributed by atoms with E-state index in [4.69, 9.17) is 9.47 Å². The molecule has 0 saturated carbocycles. The lowest BCUT2D eigenvalue weighted by Crippen LogP contribution is -2.63. The molecule has 3 aliphatic heterocycles. The molecule has 2 amide bonds. The highest BCUT2D eigenvalue weighted by Crippen LogP contribution is 2.52. The first-order chi connectivity index (χ1) is 19.7. The van der Waals surface area contributed by atoms with E-state index in [1.807, 2.05) is 20.8 Å². The van der Waals surface area contributed by atoms with Gasteiger partial charge in [-0.15, -0.1) is 11.8 Å². The van der Waals surface area contributed by atoms with Gasteiger partial charge in [-0.1, -0.05) is 39.7 Å². The molecule has 0 unspecified atom stereocenters. The van der Waals surface area contributed by atoms with E-state index in [1.165, 1.54) is 16.7 Å². The summed E-state index contributed by atoms with van der Waals surface area (Å²) in [6.07, 6.45) is 3.04. The number of ether oxygens (including phenoxy) is 2. The number of β-lactam (4-membered cyclic amide) rings is 1. The van der Waals surface area contributed by atoms with Crippen LogP contribution < -0.4 is 10.6 Å². The van der Waals surface area contributed by atoms with Crippen LogP contribution in [0.2, 0.25) is 0 Å². The van der Waals surface area contributed by atoms with Crippen molar-refractivity contribution in [1.82, 2.24) is 10.2 Å². The number of anilines is 1. The van der Waals surface area contributed by atoms with Gasteiger partial charge in [-0.2, -0.15) is 0 Å². The molecule has 224 valence electrons. The highest BCUT2D eigenvalue weighted by atomic mass is 32.2. The Hall–Kier alpha value is -2.89. The van der Waals surface area contributed by atoms with Gasteiger partial charge in [0, 0.05) is 28.3 Å². The Balaban J connectivity index is 1.41. The molecule has 2 fully saturated rings. The summed E-state index contributed by atoms with van der Waals surface area (Å²) >= 11 is 1.50. The van der Waals surface area contributed by atoms with Gasteiger partial charge in [0.25, 0.3) is 0 Å². The number of aliphatic hydroxyl groups excluding tert-OH is 1. The highest BCUT2D eigenvalue weighted by molar-refractivity contribution is 8.03. The van der Waals surface area contributed by atoms with Gasteiger partial charge >= 0.3 is 11.9 Å². The Morgan fingerprint density at radius 1 is 1.15 bits per heavy atom. The second-order valence-corrected chi connectivity index (χ2v) is 12.3. The van der Waals surface area contributed by atoms with Crippen molar-refractivity contribution in [3.63, 3.8) is 0 Å². The molecule has 3 heterocycles. The van der Waals surface area contributed by atoms with Crippen molar-refractivity contribution >= 4 is 41.2 Å². The maximum Gasteiger partial charge on any atom is 0.355 e. The van der Waals surface area contributed by atoms with E-state index in [0.29, 0.717) is 30.8 Å². The van der Waals surface area contributed by atoms with Gasteiger partial charge in [0.15, 0.2) is 0 Å². The summed E-state index contributed by atoms with van der Waals surface area (Å²) < 4.78 is 10.8. The fourth-order valence-corrected chi connectivity index (χ4v) is 7.04. The molecule has 4 rings (SSSR count). The number of amides is 2. The van der Waals surface area contributed by atoms with Gasteiger partial charge < -0.3 is 30.1 Å². The van der Waals surface area contributed by atoms with E-state index >= 15 is 0 Å². The van der Waals surface area contributed by atoms with E-state index in [2.05, 4.69) is 10.6 Å². The molecule has 6 atom stereocenters. The SMILES string of the molecule is CCCCOC(=O)C1=C(S[C@@H]2CN[C@H](C(=O)Nc3cccc(C(=O)OCCCC)c3)C2)[C@H](C)[C@@H]2[C@@H]([C@@H](C)O)C(=O)N12. The van der Waals surface area contributed by atoms with Gasteiger partial charge in [0.1, 0.15) is 5.70 Å². The van der Waals surface area contributed by atoms with Gasteiger partial charge in [-0.3, -0.25) is 9.59 Å². The lowest BCUT2D eigenvalue weighted by atomic mass is 9.79. The van der Waals surface area contributed by atoms with Crippen molar-refractivity contribution in [3.05, 3.63) is 40.4 Å². The van der Waals surface area contributed by atoms with Gasteiger partial charge in [-0.25, -0.2) is 9.59 Å². The predicted molar refractivity (Wildman–Crippen MR) is 156 cm³/mol. The van der Waals surface area contributed by atoms with Crippen molar-refractivity contribution in [1.29, 1.82) is 0 Å². The van der Waals surface area contributed by atoms with Crippen molar-refractivity contribution in [3.8, 4) is 0 Å². The normalized spacial score (nSPS) is 25.9. The maximum absolute atomic E-state index is 13.1. The topological polar surface area (TPSA) is 134 Å². The summed E-state index contributed by atoms with van der Waals surface area (Å²) in [4.78, 5) is 53.7. The average molecular weight is 588 g/mol. The van der Waals surface area contributed by atoms with Crippen molar-refractivity contribution in [2.24, 2.45) is 11.8 Å². The van der Waals surface area contributed by atoms with E-state index in [1.54, 1.807) is 31.2 Å². The first kappa shape index (κ1) is 31.1. The number of benzene rings is 1. The number of nitrogens with zero attached hydrogens (tertiary/aromatic N) is 1. The number of thioether (sulfide) groups is 1. The van der Waals surface area contributed by atoms with E-state index in [9.17, 15) is 24.3 Å². The number of hydrogen-bond donors (Lipinski definition) is 3. The number of rotatable bonds is 13. The standard InChI is InChI=1S/C30H41N3O7S/c1-5-7-12-39-29(37)19-10-9-11-20(14-19)32-27(35)22-15-21(16-31-22)41-26-17(3)24-23(18(4)34)28(36)33(24)25(26)30(38)40-13-8-6-2/h9-11,14,17-18,21-24,31,34H,5-8,12-13,15-16H2,1-4H3,(H,32,35)/t17-,18-,21+,22+,23-,24-/m1/s1. The Morgan fingerprint density at radius 3 is 2.49 bits per heavy atom. The van der Waals surface area contributed by atoms with Crippen LogP contribution in [0.1, 0.15) is 70.2 Å². The number of carbonyl (C=O) groups excluding carboxylic acids is 4. The third kappa shape index (κ3) is 6.79. The van der Waals surface area contributed by atoms with Crippen molar-refractivity contribution in [2.75, 3.05) is 25.1 Å². The number of fused-ring (bicyclic) bond motifs is 1. The summed E-state index contributed by atoms with van der Waals surface area (Å²) in [5.41, 5.74) is 1.16. The second kappa shape index (κ2) is 13.8. The minimum atomic E-state index is -0.814. The van der Waals surface area contributed by atoms with Crippen LogP contribution in [-0.2, 0) is 23.9 Å². The zero-order chi connectivity index (χ0) is 29.7. The van der Waals surface area contributed by atoms with Crippen molar-refractivity contribution in [2.45, 2.75) is 83.2 Å². The van der Waals surface area contributed by atoms with Gasteiger partial charge in [0.2, 0.25) is 11.8 Å². The monoisotopic (exact) mass is 587 g/mol. The van der Waals surface area contributed by atoms with Crippen LogP contribution in [0, 0.1) is 11.8 Å². The number of aliphatic hydroxyl groups is 1. The molecule has 0 aliphatic carbocycles. The molecule has 3 aliphatic rings. The summed E-state index contributed by atoms with van der Waals surface area (Å²) in [5.74, 6) is -2.10. The smallest absolute Gasteiger partial charge is 0.355 e. The Bertz CT molecular complexity index is 1190. The van der Waals surface area contributed by atoms with E-state index in [-0.39, 0.29) is 41.3 Å².